The van der Waals surface area contributed by atoms with Crippen molar-refractivity contribution in [3.63, 3.8) is 0 Å². The third-order valence-corrected chi connectivity index (χ3v) is 4.33. The molecule has 1 aliphatic heterocycles. The zero-order chi connectivity index (χ0) is 17.4. The van der Waals surface area contributed by atoms with Gasteiger partial charge in [0.05, 0.1) is 11.9 Å². The minimum absolute atomic E-state index is 0.471. The number of amides is 1. The molecule has 0 atom stereocenters. The maximum atomic E-state index is 13.7. The summed E-state index contributed by atoms with van der Waals surface area (Å²) in [5.74, 6) is -1.53. The molecule has 0 aliphatic carbocycles. The van der Waals surface area contributed by atoms with Crippen LogP contribution < -0.4 is 5.32 Å². The Morgan fingerprint density at radius 1 is 1.12 bits per heavy atom. The average molecular weight is 339 g/mol. The third kappa shape index (κ3) is 2.80. The summed E-state index contributed by atoms with van der Waals surface area (Å²) < 4.78 is 29.6. The Bertz CT molecular complexity index is 945. The van der Waals surface area contributed by atoms with Gasteiger partial charge in [0.1, 0.15) is 23.0 Å². The Kier molecular flexibility index (Phi) is 3.80. The molecule has 0 unspecified atom stereocenters. The van der Waals surface area contributed by atoms with Crippen molar-refractivity contribution in [2.45, 2.75) is 19.4 Å². The zero-order valence-electron chi connectivity index (χ0n) is 13.3. The first-order valence-electron chi connectivity index (χ1n) is 8.03. The molecule has 0 radical (unpaired) electrons. The molecule has 6 heteroatoms. The van der Waals surface area contributed by atoms with Crippen molar-refractivity contribution < 1.29 is 13.6 Å². The summed E-state index contributed by atoms with van der Waals surface area (Å²) in [4.78, 5) is 16.6. The van der Waals surface area contributed by atoms with Crippen molar-refractivity contribution in [1.82, 2.24) is 9.55 Å². The van der Waals surface area contributed by atoms with Crippen LogP contribution in [-0.4, -0.2) is 15.5 Å². The molecule has 126 valence electrons. The van der Waals surface area contributed by atoms with Crippen molar-refractivity contribution in [2.75, 3.05) is 5.32 Å². The third-order valence-electron chi connectivity index (χ3n) is 4.33. The van der Waals surface area contributed by atoms with Gasteiger partial charge in [-0.15, -0.1) is 0 Å². The lowest BCUT2D eigenvalue weighted by Gasteiger charge is -2.10. The number of carbonyl (C=O) groups is 1. The molecule has 2 heterocycles. The summed E-state index contributed by atoms with van der Waals surface area (Å²) in [6.45, 7) is 0.918. The summed E-state index contributed by atoms with van der Waals surface area (Å²) in [6, 6.07) is 10.5. The smallest absolute Gasteiger partial charge is 0.261 e. The maximum Gasteiger partial charge on any atom is 0.261 e. The minimum atomic E-state index is -0.887. The van der Waals surface area contributed by atoms with E-state index in [0.29, 0.717) is 5.69 Å². The van der Waals surface area contributed by atoms with Crippen molar-refractivity contribution in [2.24, 2.45) is 0 Å². The highest BCUT2D eigenvalue weighted by Gasteiger charge is 2.19. The molecule has 25 heavy (non-hydrogen) atoms. The Hall–Kier alpha value is -3.02. The molecule has 0 saturated heterocycles. The van der Waals surface area contributed by atoms with Crippen molar-refractivity contribution >= 4 is 11.6 Å². The van der Waals surface area contributed by atoms with Gasteiger partial charge >= 0.3 is 0 Å². The lowest BCUT2D eigenvalue weighted by molar-refractivity contribution is 0.101. The van der Waals surface area contributed by atoms with E-state index < -0.39 is 23.1 Å². The number of imidazole rings is 1. The van der Waals surface area contributed by atoms with Gasteiger partial charge in [-0.05, 0) is 30.7 Å². The van der Waals surface area contributed by atoms with E-state index in [9.17, 15) is 13.6 Å². The predicted molar refractivity (Wildman–Crippen MR) is 90.3 cm³/mol. The van der Waals surface area contributed by atoms with Gasteiger partial charge in [0.25, 0.3) is 5.91 Å². The fourth-order valence-electron chi connectivity index (χ4n) is 3.15. The summed E-state index contributed by atoms with van der Waals surface area (Å²) in [7, 11) is 0. The van der Waals surface area contributed by atoms with Crippen LogP contribution in [0, 0.1) is 11.6 Å². The molecule has 0 saturated carbocycles. The van der Waals surface area contributed by atoms with Crippen LogP contribution in [0.4, 0.5) is 14.5 Å². The standard InChI is InChI=1S/C19H15F2N3O/c20-14-6-2-7-15(21)18(14)19(25)23-13-5-1-4-12(10-13)16-11-22-17-8-3-9-24(16)17/h1-2,4-7,10-11H,3,8-9H2,(H,23,25). The lowest BCUT2D eigenvalue weighted by atomic mass is 10.1. The van der Waals surface area contributed by atoms with Gasteiger partial charge in [0, 0.05) is 24.2 Å². The number of rotatable bonds is 3. The van der Waals surface area contributed by atoms with Crippen LogP contribution in [0.15, 0.2) is 48.7 Å². The SMILES string of the molecule is O=C(Nc1cccc(-c2cnc3n2CCC3)c1)c1c(F)cccc1F. The second-order valence-corrected chi connectivity index (χ2v) is 5.95. The molecular formula is C19H15F2N3O. The fourth-order valence-corrected chi connectivity index (χ4v) is 3.15. The highest BCUT2D eigenvalue weighted by Crippen LogP contribution is 2.27. The molecule has 2 aromatic carbocycles. The van der Waals surface area contributed by atoms with Crippen molar-refractivity contribution in [3.05, 3.63) is 71.7 Å². The number of aryl methyl sites for hydroxylation is 1. The molecule has 1 N–H and O–H groups in total. The first-order chi connectivity index (χ1) is 12.1. The molecule has 4 nitrogen and oxygen atoms in total. The number of nitrogens with zero attached hydrogens (tertiary/aromatic N) is 2. The lowest BCUT2D eigenvalue weighted by Crippen LogP contribution is -2.15. The van der Waals surface area contributed by atoms with Gasteiger partial charge in [0.15, 0.2) is 0 Å². The normalized spacial score (nSPS) is 12.9. The Morgan fingerprint density at radius 2 is 1.88 bits per heavy atom. The van der Waals surface area contributed by atoms with E-state index in [-0.39, 0.29) is 0 Å². The molecule has 0 fully saturated rings. The van der Waals surface area contributed by atoms with Crippen LogP contribution in [0.5, 0.6) is 0 Å². The maximum absolute atomic E-state index is 13.7. The van der Waals surface area contributed by atoms with E-state index >= 15 is 0 Å². The average Bonchev–Trinajstić information content (AvgIpc) is 3.18. The van der Waals surface area contributed by atoms with E-state index in [0.717, 1.165) is 48.6 Å². The molecular weight excluding hydrogens is 324 g/mol. The molecule has 3 aromatic rings. The van der Waals surface area contributed by atoms with Gasteiger partial charge < -0.3 is 9.88 Å². The molecule has 4 rings (SSSR count). The first kappa shape index (κ1) is 15.5. The van der Waals surface area contributed by atoms with Gasteiger partial charge in [-0.3, -0.25) is 4.79 Å². The number of aromatic nitrogens is 2. The van der Waals surface area contributed by atoms with Crippen LogP contribution in [0.1, 0.15) is 22.6 Å². The number of hydrogen-bond acceptors (Lipinski definition) is 2. The number of halogens is 2. The largest absolute Gasteiger partial charge is 0.328 e. The van der Waals surface area contributed by atoms with Gasteiger partial charge in [-0.25, -0.2) is 13.8 Å². The Labute approximate surface area is 143 Å². The molecule has 0 bridgehead atoms. The monoisotopic (exact) mass is 339 g/mol. The van der Waals surface area contributed by atoms with Crippen molar-refractivity contribution in [1.29, 1.82) is 0 Å². The van der Waals surface area contributed by atoms with E-state index in [4.69, 9.17) is 0 Å². The quantitative estimate of drug-likeness (QED) is 0.783. The van der Waals surface area contributed by atoms with Crippen LogP contribution in [0.25, 0.3) is 11.3 Å². The topological polar surface area (TPSA) is 46.9 Å². The Balaban J connectivity index is 1.63. The predicted octanol–water partition coefficient (Wildman–Crippen LogP) is 4.03. The second kappa shape index (κ2) is 6.12. The first-order valence-corrected chi connectivity index (χ1v) is 8.03. The molecule has 1 aliphatic rings. The highest BCUT2D eigenvalue weighted by molar-refractivity contribution is 6.04. The van der Waals surface area contributed by atoms with Crippen molar-refractivity contribution in [3.8, 4) is 11.3 Å². The number of fused-ring (bicyclic) bond motifs is 1. The van der Waals surface area contributed by atoms with Crippen LogP contribution in [0.3, 0.4) is 0 Å². The fraction of sp³-hybridized carbons (Fsp3) is 0.158. The second-order valence-electron chi connectivity index (χ2n) is 5.95. The van der Waals surface area contributed by atoms with Gasteiger partial charge in [-0.2, -0.15) is 0 Å². The van der Waals surface area contributed by atoms with E-state index in [2.05, 4.69) is 14.9 Å². The van der Waals surface area contributed by atoms with E-state index in [1.54, 1.807) is 18.2 Å². The van der Waals surface area contributed by atoms with E-state index in [1.165, 1.54) is 6.07 Å². The molecule has 0 spiro atoms. The summed E-state index contributed by atoms with van der Waals surface area (Å²) in [5, 5.41) is 2.56. The van der Waals surface area contributed by atoms with Crippen LogP contribution >= 0.6 is 0 Å². The molecule has 1 amide bonds. The molecule has 1 aromatic heterocycles. The van der Waals surface area contributed by atoms with Gasteiger partial charge in [0.2, 0.25) is 0 Å². The summed E-state index contributed by atoms with van der Waals surface area (Å²) in [5.41, 5.74) is 1.75. The number of anilines is 1. The number of benzene rings is 2. The Morgan fingerprint density at radius 3 is 2.68 bits per heavy atom. The zero-order valence-corrected chi connectivity index (χ0v) is 13.3. The number of hydrogen-bond donors (Lipinski definition) is 1. The highest BCUT2D eigenvalue weighted by atomic mass is 19.1. The van der Waals surface area contributed by atoms with Gasteiger partial charge in [-0.1, -0.05) is 18.2 Å². The van der Waals surface area contributed by atoms with E-state index in [1.807, 2.05) is 12.3 Å². The number of carbonyl (C=O) groups excluding carboxylic acids is 1. The summed E-state index contributed by atoms with van der Waals surface area (Å²) >= 11 is 0. The minimum Gasteiger partial charge on any atom is -0.328 e. The number of nitrogens with one attached hydrogen (secondary N) is 1. The van der Waals surface area contributed by atoms with Crippen LogP contribution in [0.2, 0.25) is 0 Å². The van der Waals surface area contributed by atoms with Crippen LogP contribution in [-0.2, 0) is 13.0 Å². The summed E-state index contributed by atoms with van der Waals surface area (Å²) in [6.07, 6.45) is 3.84.